The Kier molecular flexibility index (Phi) is 7.31. The van der Waals surface area contributed by atoms with Crippen LogP contribution in [0.5, 0.6) is 0 Å². The van der Waals surface area contributed by atoms with Crippen LogP contribution in [0.2, 0.25) is 0 Å². The molecule has 0 amide bonds. The van der Waals surface area contributed by atoms with Crippen LogP contribution >= 0.6 is 0 Å². The Balaban J connectivity index is 1.27. The minimum atomic E-state index is -0.375. The van der Waals surface area contributed by atoms with Crippen LogP contribution in [0.4, 0.5) is 0 Å². The maximum absolute atomic E-state index is 12.5. The number of carbonyl (C=O) groups excluding carboxylic acids is 2. The van der Waals surface area contributed by atoms with Gasteiger partial charge in [0.15, 0.2) is 6.79 Å². The molecular weight excluding hydrogens is 404 g/mol. The van der Waals surface area contributed by atoms with Crippen LogP contribution in [0, 0.1) is 5.92 Å². The number of benzene rings is 3. The Labute approximate surface area is 187 Å². The topological polar surface area (TPSA) is 61.8 Å². The Bertz CT molecular complexity index is 1060. The standard InChI is InChI=1S/C27H26O5/c28-26(21-8-2-1-3-9-21)31-18-24-12-5-4-11-23(24)17-30-19-32-27(29)25-13-7-6-10-22(25)16-20-14-15-20/h1-13,20H,14-19H2. The summed E-state index contributed by atoms with van der Waals surface area (Å²) in [6.07, 6.45) is 3.38. The van der Waals surface area contributed by atoms with Crippen molar-refractivity contribution in [3.63, 3.8) is 0 Å². The van der Waals surface area contributed by atoms with Gasteiger partial charge in [0.1, 0.15) is 6.61 Å². The zero-order chi connectivity index (χ0) is 22.2. The van der Waals surface area contributed by atoms with Crippen molar-refractivity contribution >= 4 is 11.9 Å². The lowest BCUT2D eigenvalue weighted by atomic mass is 10.0. The SMILES string of the molecule is O=C(OCc1ccccc1COCOC(=O)c1ccccc1CC1CC1)c1ccccc1. The van der Waals surface area contributed by atoms with Gasteiger partial charge in [-0.25, -0.2) is 9.59 Å². The summed E-state index contributed by atoms with van der Waals surface area (Å²) in [5, 5.41) is 0. The Morgan fingerprint density at radius 1 is 0.688 bits per heavy atom. The van der Waals surface area contributed by atoms with Gasteiger partial charge in [0.05, 0.1) is 17.7 Å². The molecular formula is C27H26O5. The summed E-state index contributed by atoms with van der Waals surface area (Å²) in [6.45, 7) is 0.242. The molecule has 32 heavy (non-hydrogen) atoms. The Morgan fingerprint density at radius 3 is 2.03 bits per heavy atom. The van der Waals surface area contributed by atoms with E-state index in [2.05, 4.69) is 0 Å². The fraction of sp³-hybridized carbons (Fsp3) is 0.259. The highest BCUT2D eigenvalue weighted by molar-refractivity contribution is 5.91. The van der Waals surface area contributed by atoms with E-state index in [0.717, 1.165) is 23.1 Å². The van der Waals surface area contributed by atoms with E-state index < -0.39 is 0 Å². The van der Waals surface area contributed by atoms with E-state index in [1.165, 1.54) is 12.8 Å². The molecule has 1 aliphatic carbocycles. The number of hydrogen-bond acceptors (Lipinski definition) is 5. The molecule has 0 spiro atoms. The zero-order valence-electron chi connectivity index (χ0n) is 17.9. The molecule has 164 valence electrons. The van der Waals surface area contributed by atoms with E-state index in [1.54, 1.807) is 30.3 Å². The average Bonchev–Trinajstić information content (AvgIpc) is 3.65. The largest absolute Gasteiger partial charge is 0.457 e. The smallest absolute Gasteiger partial charge is 0.340 e. The van der Waals surface area contributed by atoms with Crippen molar-refractivity contribution in [3.8, 4) is 0 Å². The van der Waals surface area contributed by atoms with Crippen LogP contribution in [-0.4, -0.2) is 18.7 Å². The molecule has 0 bridgehead atoms. The highest BCUT2D eigenvalue weighted by atomic mass is 16.7. The van der Waals surface area contributed by atoms with Gasteiger partial charge in [0, 0.05) is 0 Å². The van der Waals surface area contributed by atoms with Gasteiger partial charge in [0.25, 0.3) is 0 Å². The molecule has 5 nitrogen and oxygen atoms in total. The molecule has 0 aliphatic heterocycles. The highest BCUT2D eigenvalue weighted by Crippen LogP contribution is 2.33. The van der Waals surface area contributed by atoms with Crippen LogP contribution in [-0.2, 0) is 33.8 Å². The highest BCUT2D eigenvalue weighted by Gasteiger charge is 2.24. The quantitative estimate of drug-likeness (QED) is 0.247. The van der Waals surface area contributed by atoms with Crippen molar-refractivity contribution in [2.45, 2.75) is 32.5 Å². The van der Waals surface area contributed by atoms with Gasteiger partial charge in [0.2, 0.25) is 0 Å². The fourth-order valence-electron chi connectivity index (χ4n) is 3.49. The lowest BCUT2D eigenvalue weighted by Gasteiger charge is -2.12. The average molecular weight is 431 g/mol. The first-order chi connectivity index (χ1) is 15.7. The van der Waals surface area contributed by atoms with Gasteiger partial charge in [-0.2, -0.15) is 0 Å². The van der Waals surface area contributed by atoms with Gasteiger partial charge in [-0.3, -0.25) is 0 Å². The van der Waals surface area contributed by atoms with Crippen LogP contribution in [0.3, 0.4) is 0 Å². The minimum absolute atomic E-state index is 0.140. The van der Waals surface area contributed by atoms with E-state index in [4.69, 9.17) is 14.2 Å². The lowest BCUT2D eigenvalue weighted by molar-refractivity contribution is -0.0386. The van der Waals surface area contributed by atoms with Gasteiger partial charge in [-0.05, 0) is 60.1 Å². The van der Waals surface area contributed by atoms with E-state index in [0.29, 0.717) is 17.0 Å². The minimum Gasteiger partial charge on any atom is -0.457 e. The third-order valence-electron chi connectivity index (χ3n) is 5.46. The molecule has 0 N–H and O–H groups in total. The van der Waals surface area contributed by atoms with Crippen LogP contribution < -0.4 is 0 Å². The third-order valence-corrected chi connectivity index (χ3v) is 5.46. The van der Waals surface area contributed by atoms with Crippen LogP contribution in [0.25, 0.3) is 0 Å². The number of carbonyl (C=O) groups is 2. The van der Waals surface area contributed by atoms with Gasteiger partial charge < -0.3 is 14.2 Å². The molecule has 0 atom stereocenters. The molecule has 0 aromatic heterocycles. The van der Waals surface area contributed by atoms with E-state index >= 15 is 0 Å². The molecule has 3 aromatic rings. The molecule has 1 aliphatic rings. The fourth-order valence-corrected chi connectivity index (χ4v) is 3.49. The van der Waals surface area contributed by atoms with Crippen molar-refractivity contribution in [2.75, 3.05) is 6.79 Å². The van der Waals surface area contributed by atoms with Gasteiger partial charge >= 0.3 is 11.9 Å². The predicted octanol–water partition coefficient (Wildman–Crippen LogP) is 5.33. The maximum Gasteiger partial charge on any atom is 0.340 e. The van der Waals surface area contributed by atoms with Gasteiger partial charge in [-0.15, -0.1) is 0 Å². The second kappa shape index (κ2) is 10.7. The molecule has 1 fully saturated rings. The summed E-state index contributed by atoms with van der Waals surface area (Å²) in [5.74, 6) is -0.0564. The lowest BCUT2D eigenvalue weighted by Crippen LogP contribution is -2.12. The van der Waals surface area contributed by atoms with Crippen molar-refractivity contribution in [1.82, 2.24) is 0 Å². The first kappa shape index (κ1) is 21.8. The van der Waals surface area contributed by atoms with Crippen molar-refractivity contribution in [3.05, 3.63) is 107 Å². The summed E-state index contributed by atoms with van der Waals surface area (Å²) < 4.78 is 16.4. The molecule has 0 radical (unpaired) electrons. The molecule has 5 heteroatoms. The first-order valence-electron chi connectivity index (χ1n) is 10.8. The van der Waals surface area contributed by atoms with Crippen molar-refractivity contribution in [2.24, 2.45) is 5.92 Å². The summed E-state index contributed by atoms with van der Waals surface area (Å²) >= 11 is 0. The van der Waals surface area contributed by atoms with Crippen molar-refractivity contribution < 1.29 is 23.8 Å². The van der Waals surface area contributed by atoms with Gasteiger partial charge in [-0.1, -0.05) is 60.7 Å². The summed E-state index contributed by atoms with van der Waals surface area (Å²) in [4.78, 5) is 24.7. The Morgan fingerprint density at radius 2 is 1.31 bits per heavy atom. The molecule has 1 saturated carbocycles. The molecule has 0 heterocycles. The Hall–Kier alpha value is -3.44. The maximum atomic E-state index is 12.5. The van der Waals surface area contributed by atoms with Crippen LogP contribution in [0.1, 0.15) is 50.2 Å². The first-order valence-corrected chi connectivity index (χ1v) is 10.8. The number of hydrogen-bond donors (Lipinski definition) is 0. The summed E-state index contributed by atoms with van der Waals surface area (Å²) in [5.41, 5.74) is 3.87. The molecule has 0 unspecified atom stereocenters. The van der Waals surface area contributed by atoms with Crippen molar-refractivity contribution in [1.29, 1.82) is 0 Å². The normalized spacial score (nSPS) is 12.9. The molecule has 4 rings (SSSR count). The third kappa shape index (κ3) is 6.05. The van der Waals surface area contributed by atoms with Crippen LogP contribution in [0.15, 0.2) is 78.9 Å². The zero-order valence-corrected chi connectivity index (χ0v) is 17.9. The number of ether oxygens (including phenoxy) is 3. The monoisotopic (exact) mass is 430 g/mol. The van der Waals surface area contributed by atoms with E-state index in [-0.39, 0.29) is 31.9 Å². The number of rotatable bonds is 10. The van der Waals surface area contributed by atoms with E-state index in [9.17, 15) is 9.59 Å². The second-order valence-corrected chi connectivity index (χ2v) is 7.91. The van der Waals surface area contributed by atoms with E-state index in [1.807, 2.05) is 48.5 Å². The number of esters is 2. The molecule has 3 aromatic carbocycles. The predicted molar refractivity (Wildman–Crippen MR) is 120 cm³/mol. The molecule has 0 saturated heterocycles. The second-order valence-electron chi connectivity index (χ2n) is 7.91. The summed E-state index contributed by atoms with van der Waals surface area (Å²) in [7, 11) is 0. The summed E-state index contributed by atoms with van der Waals surface area (Å²) in [6, 6.07) is 24.0.